The first-order valence-corrected chi connectivity index (χ1v) is 7.99. The lowest BCUT2D eigenvalue weighted by Crippen LogP contribution is -2.14. The van der Waals surface area contributed by atoms with Crippen molar-refractivity contribution in [3.8, 4) is 0 Å². The van der Waals surface area contributed by atoms with Crippen LogP contribution in [0.2, 0.25) is 0 Å². The van der Waals surface area contributed by atoms with Gasteiger partial charge in [-0.05, 0) is 24.6 Å². The molecule has 0 saturated carbocycles. The molecule has 1 aromatic heterocycles. The minimum Gasteiger partial charge on any atom is -0.357 e. The number of hydrogen-bond donors (Lipinski definition) is 2. The SMILES string of the molecule is CNc1ncc(S(=O)(=O)Nc2cccc(Br)c2C)cn1. The van der Waals surface area contributed by atoms with Gasteiger partial charge in [0, 0.05) is 11.5 Å². The second-order valence-electron chi connectivity index (χ2n) is 4.01. The third-order valence-corrected chi connectivity index (χ3v) is 4.85. The largest absolute Gasteiger partial charge is 0.357 e. The maximum atomic E-state index is 12.2. The number of nitrogens with one attached hydrogen (secondary N) is 2. The Labute approximate surface area is 125 Å². The van der Waals surface area contributed by atoms with Crippen molar-refractivity contribution in [1.29, 1.82) is 0 Å². The van der Waals surface area contributed by atoms with Crippen LogP contribution in [0.5, 0.6) is 0 Å². The zero-order chi connectivity index (χ0) is 14.8. The van der Waals surface area contributed by atoms with E-state index in [4.69, 9.17) is 0 Å². The number of sulfonamides is 1. The second kappa shape index (κ2) is 5.76. The van der Waals surface area contributed by atoms with Crippen LogP contribution in [0.3, 0.4) is 0 Å². The maximum absolute atomic E-state index is 12.2. The Hall–Kier alpha value is -1.67. The standard InChI is InChI=1S/C12H13BrN4O2S/c1-8-10(13)4-3-5-11(8)17-20(18,19)9-6-15-12(14-2)16-7-9/h3-7,17H,1-2H3,(H,14,15,16). The molecule has 0 unspecified atom stereocenters. The highest BCUT2D eigenvalue weighted by Gasteiger charge is 2.16. The van der Waals surface area contributed by atoms with Crippen molar-refractivity contribution in [3.63, 3.8) is 0 Å². The molecular weight excluding hydrogens is 344 g/mol. The van der Waals surface area contributed by atoms with Crippen LogP contribution >= 0.6 is 15.9 Å². The summed E-state index contributed by atoms with van der Waals surface area (Å²) in [7, 11) is -2.04. The Bertz CT molecular complexity index is 717. The molecule has 1 aromatic carbocycles. The highest BCUT2D eigenvalue weighted by Crippen LogP contribution is 2.25. The van der Waals surface area contributed by atoms with E-state index in [1.807, 2.05) is 13.0 Å². The Balaban J connectivity index is 2.33. The zero-order valence-corrected chi connectivity index (χ0v) is 13.3. The summed E-state index contributed by atoms with van der Waals surface area (Å²) >= 11 is 3.36. The third kappa shape index (κ3) is 3.07. The molecule has 1 heterocycles. The predicted octanol–water partition coefficient (Wildman–Crippen LogP) is 2.39. The molecule has 2 aromatic rings. The molecule has 8 heteroatoms. The topological polar surface area (TPSA) is 84.0 Å². The third-order valence-electron chi connectivity index (χ3n) is 2.67. The van der Waals surface area contributed by atoms with Crippen LogP contribution in [0, 0.1) is 6.92 Å². The Kier molecular flexibility index (Phi) is 4.24. The molecule has 0 amide bonds. The smallest absolute Gasteiger partial charge is 0.264 e. The average molecular weight is 357 g/mol. The molecule has 0 radical (unpaired) electrons. The average Bonchev–Trinajstić information content (AvgIpc) is 2.44. The van der Waals surface area contributed by atoms with Crippen LogP contribution in [-0.2, 0) is 10.0 Å². The van der Waals surface area contributed by atoms with Crippen LogP contribution in [0.15, 0.2) is 40.0 Å². The van der Waals surface area contributed by atoms with Crippen LogP contribution in [0.1, 0.15) is 5.56 Å². The highest BCUT2D eigenvalue weighted by atomic mass is 79.9. The number of anilines is 2. The first kappa shape index (κ1) is 14.7. The van der Waals surface area contributed by atoms with Crippen LogP contribution in [0.25, 0.3) is 0 Å². The van der Waals surface area contributed by atoms with E-state index in [1.54, 1.807) is 19.2 Å². The Morgan fingerprint density at radius 1 is 1.20 bits per heavy atom. The molecule has 0 atom stereocenters. The molecule has 106 valence electrons. The minimum absolute atomic E-state index is 0.0101. The normalized spacial score (nSPS) is 11.2. The lowest BCUT2D eigenvalue weighted by atomic mass is 10.2. The van der Waals surface area contributed by atoms with E-state index in [-0.39, 0.29) is 4.90 Å². The van der Waals surface area contributed by atoms with Crippen molar-refractivity contribution < 1.29 is 8.42 Å². The van der Waals surface area contributed by atoms with Gasteiger partial charge in [0.05, 0.1) is 18.1 Å². The fourth-order valence-corrected chi connectivity index (χ4v) is 2.88. The number of hydrogen-bond acceptors (Lipinski definition) is 5. The number of halogens is 1. The first-order valence-electron chi connectivity index (χ1n) is 5.72. The van der Waals surface area contributed by atoms with Crippen molar-refractivity contribution in [2.75, 3.05) is 17.1 Å². The van der Waals surface area contributed by atoms with Gasteiger partial charge < -0.3 is 5.32 Å². The van der Waals surface area contributed by atoms with Gasteiger partial charge in [-0.3, -0.25) is 4.72 Å². The van der Waals surface area contributed by atoms with Crippen molar-refractivity contribution >= 4 is 37.6 Å². The summed E-state index contributed by atoms with van der Waals surface area (Å²) in [6, 6.07) is 5.30. The fourth-order valence-electron chi connectivity index (χ4n) is 1.51. The summed E-state index contributed by atoms with van der Waals surface area (Å²) in [6.45, 7) is 1.82. The van der Waals surface area contributed by atoms with Crippen LogP contribution < -0.4 is 10.0 Å². The number of aromatic nitrogens is 2. The van der Waals surface area contributed by atoms with Crippen molar-refractivity contribution in [3.05, 3.63) is 40.6 Å². The lowest BCUT2D eigenvalue weighted by Gasteiger charge is -2.11. The molecule has 0 aliphatic carbocycles. The van der Waals surface area contributed by atoms with Crippen molar-refractivity contribution in [2.45, 2.75) is 11.8 Å². The van der Waals surface area contributed by atoms with E-state index in [9.17, 15) is 8.42 Å². The van der Waals surface area contributed by atoms with E-state index in [2.05, 4.69) is 35.9 Å². The molecule has 0 aliphatic heterocycles. The molecule has 0 fully saturated rings. The van der Waals surface area contributed by atoms with Gasteiger partial charge in [-0.15, -0.1) is 0 Å². The molecule has 20 heavy (non-hydrogen) atoms. The van der Waals surface area contributed by atoms with Gasteiger partial charge in [-0.2, -0.15) is 0 Å². The Morgan fingerprint density at radius 2 is 1.85 bits per heavy atom. The molecule has 2 rings (SSSR count). The number of rotatable bonds is 4. The number of benzene rings is 1. The summed E-state index contributed by atoms with van der Waals surface area (Å²) in [6.07, 6.45) is 2.52. The predicted molar refractivity (Wildman–Crippen MR) is 81.3 cm³/mol. The first-order chi connectivity index (χ1) is 9.44. The quantitative estimate of drug-likeness (QED) is 0.878. The van der Waals surface area contributed by atoms with Gasteiger partial charge in [0.25, 0.3) is 10.0 Å². The van der Waals surface area contributed by atoms with E-state index in [0.29, 0.717) is 11.6 Å². The van der Waals surface area contributed by atoms with Crippen LogP contribution in [0.4, 0.5) is 11.6 Å². The lowest BCUT2D eigenvalue weighted by molar-refractivity contribution is 0.600. The monoisotopic (exact) mass is 356 g/mol. The molecule has 0 spiro atoms. The zero-order valence-electron chi connectivity index (χ0n) is 10.9. The van der Waals surface area contributed by atoms with Gasteiger partial charge in [0.15, 0.2) is 0 Å². The molecule has 0 bridgehead atoms. The fraction of sp³-hybridized carbons (Fsp3) is 0.167. The summed E-state index contributed by atoms with van der Waals surface area (Å²) in [5, 5.41) is 2.73. The van der Waals surface area contributed by atoms with Crippen LogP contribution in [-0.4, -0.2) is 25.4 Å². The molecule has 0 aliphatic rings. The minimum atomic E-state index is -3.70. The van der Waals surface area contributed by atoms with Gasteiger partial charge in [-0.25, -0.2) is 18.4 Å². The van der Waals surface area contributed by atoms with Gasteiger partial charge in [0.2, 0.25) is 5.95 Å². The Morgan fingerprint density at radius 3 is 2.45 bits per heavy atom. The van der Waals surface area contributed by atoms with Gasteiger partial charge in [0.1, 0.15) is 4.90 Å². The summed E-state index contributed by atoms with van der Waals surface area (Å²) in [5.74, 6) is 0.364. The molecule has 2 N–H and O–H groups in total. The molecular formula is C12H13BrN4O2S. The molecule has 6 nitrogen and oxygen atoms in total. The molecule has 0 saturated heterocycles. The van der Waals surface area contributed by atoms with E-state index in [0.717, 1.165) is 10.0 Å². The second-order valence-corrected chi connectivity index (χ2v) is 6.55. The maximum Gasteiger partial charge on any atom is 0.264 e. The summed E-state index contributed by atoms with van der Waals surface area (Å²) in [5.41, 5.74) is 1.32. The van der Waals surface area contributed by atoms with E-state index in [1.165, 1.54) is 12.4 Å². The summed E-state index contributed by atoms with van der Waals surface area (Å²) in [4.78, 5) is 7.80. The van der Waals surface area contributed by atoms with E-state index < -0.39 is 10.0 Å². The number of nitrogens with zero attached hydrogens (tertiary/aromatic N) is 2. The summed E-state index contributed by atoms with van der Waals surface area (Å²) < 4.78 is 27.8. The van der Waals surface area contributed by atoms with Gasteiger partial charge >= 0.3 is 0 Å². The van der Waals surface area contributed by atoms with Crippen molar-refractivity contribution in [1.82, 2.24) is 9.97 Å². The highest BCUT2D eigenvalue weighted by molar-refractivity contribution is 9.10. The van der Waals surface area contributed by atoms with Gasteiger partial charge in [-0.1, -0.05) is 22.0 Å². The van der Waals surface area contributed by atoms with E-state index >= 15 is 0 Å². The van der Waals surface area contributed by atoms with Crippen molar-refractivity contribution in [2.24, 2.45) is 0 Å².